The second-order valence-corrected chi connectivity index (χ2v) is 5.22. The van der Waals surface area contributed by atoms with Crippen molar-refractivity contribution in [1.29, 1.82) is 0 Å². The quantitative estimate of drug-likeness (QED) is 0.752. The van der Waals surface area contributed by atoms with Gasteiger partial charge in [-0.15, -0.1) is 0 Å². The number of aryl methyl sites for hydroxylation is 1. The van der Waals surface area contributed by atoms with E-state index in [1.165, 1.54) is 0 Å². The number of carbonyl (C=O) groups excluding carboxylic acids is 1. The molecular formula is C18H22N2O4. The topological polar surface area (TPSA) is 69.6 Å². The highest BCUT2D eigenvalue weighted by Gasteiger charge is 2.08. The van der Waals surface area contributed by atoms with Crippen LogP contribution in [0, 0.1) is 0 Å². The minimum absolute atomic E-state index is 0.193. The van der Waals surface area contributed by atoms with E-state index >= 15 is 0 Å². The first-order valence-corrected chi connectivity index (χ1v) is 7.84. The van der Waals surface area contributed by atoms with E-state index in [0.717, 1.165) is 11.3 Å². The molecule has 0 aliphatic carbocycles. The Bertz CT molecular complexity index is 723. The number of ether oxygens (including phenoxy) is 2. The number of nitrogens with one attached hydrogen (secondary N) is 1. The summed E-state index contributed by atoms with van der Waals surface area (Å²) in [5.74, 6) is 0.499. The van der Waals surface area contributed by atoms with E-state index in [1.807, 2.05) is 31.2 Å². The Morgan fingerprint density at radius 1 is 1.17 bits per heavy atom. The van der Waals surface area contributed by atoms with Gasteiger partial charge in [0.1, 0.15) is 18.0 Å². The van der Waals surface area contributed by atoms with E-state index in [-0.39, 0.29) is 17.9 Å². The van der Waals surface area contributed by atoms with E-state index in [9.17, 15) is 9.59 Å². The van der Waals surface area contributed by atoms with Crippen molar-refractivity contribution in [2.45, 2.75) is 19.9 Å². The minimum Gasteiger partial charge on any atom is -0.491 e. The highest BCUT2D eigenvalue weighted by molar-refractivity contribution is 5.92. The maximum Gasteiger partial charge on any atom is 0.274 e. The molecule has 6 nitrogen and oxygen atoms in total. The van der Waals surface area contributed by atoms with Gasteiger partial charge >= 0.3 is 0 Å². The molecule has 2 rings (SSSR count). The van der Waals surface area contributed by atoms with Gasteiger partial charge in [0, 0.05) is 19.9 Å². The summed E-state index contributed by atoms with van der Waals surface area (Å²) in [4.78, 5) is 24.2. The van der Waals surface area contributed by atoms with Crippen LogP contribution in [0.2, 0.25) is 0 Å². The van der Waals surface area contributed by atoms with Gasteiger partial charge in [-0.25, -0.2) is 0 Å². The van der Waals surface area contributed by atoms with Crippen molar-refractivity contribution in [1.82, 2.24) is 4.57 Å². The second kappa shape index (κ2) is 8.88. The molecule has 0 atom stereocenters. The van der Waals surface area contributed by atoms with E-state index in [2.05, 4.69) is 5.32 Å². The molecule has 6 heteroatoms. The molecule has 1 aromatic heterocycles. The second-order valence-electron chi connectivity index (χ2n) is 5.22. The average molecular weight is 330 g/mol. The Morgan fingerprint density at radius 2 is 1.92 bits per heavy atom. The molecule has 0 fully saturated rings. The van der Waals surface area contributed by atoms with Crippen molar-refractivity contribution >= 4 is 11.6 Å². The van der Waals surface area contributed by atoms with E-state index in [0.29, 0.717) is 25.4 Å². The molecule has 1 heterocycles. The van der Waals surface area contributed by atoms with Gasteiger partial charge in [0.15, 0.2) is 0 Å². The van der Waals surface area contributed by atoms with Gasteiger partial charge < -0.3 is 19.4 Å². The lowest BCUT2D eigenvalue weighted by atomic mass is 10.1. The monoisotopic (exact) mass is 330 g/mol. The predicted molar refractivity (Wildman–Crippen MR) is 92.5 cm³/mol. The van der Waals surface area contributed by atoms with Crippen molar-refractivity contribution in [2.75, 3.05) is 25.6 Å². The Hall–Kier alpha value is -2.60. The minimum atomic E-state index is -0.228. The van der Waals surface area contributed by atoms with Gasteiger partial charge in [0.25, 0.3) is 5.56 Å². The number of methoxy groups -OCH3 is 1. The third-order valence-electron chi connectivity index (χ3n) is 3.48. The van der Waals surface area contributed by atoms with E-state index in [4.69, 9.17) is 9.47 Å². The number of anilines is 1. The molecule has 0 unspecified atom stereocenters. The summed E-state index contributed by atoms with van der Waals surface area (Å²) in [6, 6.07) is 10.6. The van der Waals surface area contributed by atoms with Crippen LogP contribution in [0.5, 0.6) is 5.75 Å². The predicted octanol–water partition coefficient (Wildman–Crippen LogP) is 2.07. The molecule has 128 valence electrons. The summed E-state index contributed by atoms with van der Waals surface area (Å²) in [7, 11) is 1.62. The van der Waals surface area contributed by atoms with E-state index in [1.54, 1.807) is 30.0 Å². The van der Waals surface area contributed by atoms with Gasteiger partial charge in [-0.05, 0) is 36.8 Å². The van der Waals surface area contributed by atoms with Crippen LogP contribution in [0.15, 0.2) is 47.4 Å². The zero-order chi connectivity index (χ0) is 17.4. The normalized spacial score (nSPS) is 10.4. The zero-order valence-corrected chi connectivity index (χ0v) is 14.0. The standard InChI is InChI=1S/C18H22N2O4/c1-3-20-10-4-5-16(18(20)22)19-17(21)13-14-6-8-15(9-7-14)24-12-11-23-2/h4-10H,3,11-13H2,1-2H3,(H,19,21). The van der Waals surface area contributed by atoms with Crippen molar-refractivity contribution in [3.05, 3.63) is 58.5 Å². The van der Waals surface area contributed by atoms with Gasteiger partial charge in [-0.1, -0.05) is 12.1 Å². The fraction of sp³-hybridized carbons (Fsp3) is 0.333. The van der Waals surface area contributed by atoms with Crippen LogP contribution in [0.1, 0.15) is 12.5 Å². The number of benzene rings is 1. The molecule has 0 spiro atoms. The van der Waals surface area contributed by atoms with Crippen LogP contribution in [0.3, 0.4) is 0 Å². The molecule has 24 heavy (non-hydrogen) atoms. The van der Waals surface area contributed by atoms with Gasteiger partial charge in [0.2, 0.25) is 5.91 Å². The van der Waals surface area contributed by atoms with Crippen molar-refractivity contribution < 1.29 is 14.3 Å². The van der Waals surface area contributed by atoms with Crippen LogP contribution in [0.25, 0.3) is 0 Å². The Balaban J connectivity index is 1.94. The summed E-state index contributed by atoms with van der Waals surface area (Å²) >= 11 is 0. The number of nitrogens with zero attached hydrogens (tertiary/aromatic N) is 1. The molecule has 1 aromatic carbocycles. The summed E-state index contributed by atoms with van der Waals surface area (Å²) in [6.07, 6.45) is 1.89. The largest absolute Gasteiger partial charge is 0.491 e. The smallest absolute Gasteiger partial charge is 0.274 e. The molecule has 0 radical (unpaired) electrons. The van der Waals surface area contributed by atoms with E-state index < -0.39 is 0 Å². The molecule has 0 saturated heterocycles. The number of pyridine rings is 1. The molecule has 0 bridgehead atoms. The maximum atomic E-state index is 12.1. The van der Waals surface area contributed by atoms with Crippen LogP contribution >= 0.6 is 0 Å². The molecule has 0 aliphatic rings. The lowest BCUT2D eigenvalue weighted by molar-refractivity contribution is -0.115. The zero-order valence-electron chi connectivity index (χ0n) is 14.0. The van der Waals surface area contributed by atoms with Gasteiger partial charge in [-0.3, -0.25) is 9.59 Å². The Kier molecular flexibility index (Phi) is 6.57. The summed E-state index contributed by atoms with van der Waals surface area (Å²) in [5, 5.41) is 2.67. The number of rotatable bonds is 8. The highest BCUT2D eigenvalue weighted by atomic mass is 16.5. The molecule has 0 aliphatic heterocycles. The number of carbonyl (C=O) groups is 1. The first-order valence-electron chi connectivity index (χ1n) is 7.84. The van der Waals surface area contributed by atoms with Gasteiger partial charge in [-0.2, -0.15) is 0 Å². The Labute approximate surface area is 141 Å². The van der Waals surface area contributed by atoms with Crippen LogP contribution < -0.4 is 15.6 Å². The molecule has 1 N–H and O–H groups in total. The number of hydrogen-bond donors (Lipinski definition) is 1. The van der Waals surface area contributed by atoms with Crippen LogP contribution in [0.4, 0.5) is 5.69 Å². The third kappa shape index (κ3) is 4.96. The summed E-state index contributed by atoms with van der Waals surface area (Å²) in [5.41, 5.74) is 0.942. The lowest BCUT2D eigenvalue weighted by Crippen LogP contribution is -2.25. The molecule has 2 aromatic rings. The Morgan fingerprint density at radius 3 is 2.58 bits per heavy atom. The number of aromatic nitrogens is 1. The lowest BCUT2D eigenvalue weighted by Gasteiger charge is -2.08. The van der Waals surface area contributed by atoms with Crippen LogP contribution in [-0.2, 0) is 22.5 Å². The summed E-state index contributed by atoms with van der Waals surface area (Å²) < 4.78 is 11.9. The molecule has 1 amide bonds. The first kappa shape index (κ1) is 17.7. The average Bonchev–Trinajstić information content (AvgIpc) is 2.58. The van der Waals surface area contributed by atoms with Crippen molar-refractivity contribution in [3.63, 3.8) is 0 Å². The summed E-state index contributed by atoms with van der Waals surface area (Å²) in [6.45, 7) is 3.45. The van der Waals surface area contributed by atoms with Crippen molar-refractivity contribution in [2.24, 2.45) is 0 Å². The number of hydrogen-bond acceptors (Lipinski definition) is 4. The molecular weight excluding hydrogens is 308 g/mol. The van der Waals surface area contributed by atoms with Gasteiger partial charge in [0.05, 0.1) is 13.0 Å². The fourth-order valence-corrected chi connectivity index (χ4v) is 2.21. The SMILES string of the molecule is CCn1cccc(NC(=O)Cc2ccc(OCCOC)cc2)c1=O. The molecule has 0 saturated carbocycles. The van der Waals surface area contributed by atoms with Crippen LogP contribution in [-0.4, -0.2) is 30.8 Å². The maximum absolute atomic E-state index is 12.1. The van der Waals surface area contributed by atoms with Crippen molar-refractivity contribution in [3.8, 4) is 5.75 Å². The highest BCUT2D eigenvalue weighted by Crippen LogP contribution is 2.13. The fourth-order valence-electron chi connectivity index (χ4n) is 2.21. The number of amides is 1. The third-order valence-corrected chi connectivity index (χ3v) is 3.48. The first-order chi connectivity index (χ1) is 11.6.